The van der Waals surface area contributed by atoms with Gasteiger partial charge in [0.05, 0.1) is 11.2 Å². The van der Waals surface area contributed by atoms with E-state index < -0.39 is 0 Å². The van der Waals surface area contributed by atoms with Crippen LogP contribution in [0.5, 0.6) is 0 Å². The number of hydrogen-bond donors (Lipinski definition) is 0. The van der Waals surface area contributed by atoms with Crippen molar-refractivity contribution < 1.29 is 4.79 Å². The van der Waals surface area contributed by atoms with E-state index in [0.717, 1.165) is 17.0 Å². The molecule has 0 N–H and O–H groups in total. The molecule has 2 aromatic rings. The van der Waals surface area contributed by atoms with Crippen molar-refractivity contribution in [3.8, 4) is 0 Å². The fourth-order valence-electron chi connectivity index (χ4n) is 1.69. The lowest BCUT2D eigenvalue weighted by Crippen LogP contribution is -2.25. The Morgan fingerprint density at radius 2 is 2.06 bits per heavy atom. The number of amides is 1. The van der Waals surface area contributed by atoms with Crippen molar-refractivity contribution in [2.45, 2.75) is 19.9 Å². The molecule has 18 heavy (non-hydrogen) atoms. The summed E-state index contributed by atoms with van der Waals surface area (Å²) in [5.41, 5.74) is 1.13. The molecule has 0 aliphatic carbocycles. The van der Waals surface area contributed by atoms with Crippen LogP contribution < -0.4 is 0 Å². The molecule has 1 aromatic heterocycles. The zero-order valence-electron chi connectivity index (χ0n) is 10.6. The van der Waals surface area contributed by atoms with E-state index >= 15 is 0 Å². The molecule has 0 spiro atoms. The van der Waals surface area contributed by atoms with Crippen LogP contribution in [0.25, 0.3) is 0 Å². The maximum atomic E-state index is 12.2. The Bertz CT molecular complexity index is 522. The van der Waals surface area contributed by atoms with Gasteiger partial charge in [-0.1, -0.05) is 37.3 Å². The number of rotatable bonds is 4. The number of aryl methyl sites for hydroxylation is 1. The van der Waals surface area contributed by atoms with E-state index in [4.69, 9.17) is 0 Å². The van der Waals surface area contributed by atoms with Gasteiger partial charge in [-0.05, 0) is 12.0 Å². The number of nitrogens with zero attached hydrogens (tertiary/aromatic N) is 2. The van der Waals surface area contributed by atoms with Crippen LogP contribution in [-0.4, -0.2) is 22.8 Å². The highest BCUT2D eigenvalue weighted by Gasteiger charge is 2.14. The van der Waals surface area contributed by atoms with Gasteiger partial charge in [0.1, 0.15) is 4.88 Å². The Hall–Kier alpha value is -1.68. The molecule has 0 saturated heterocycles. The quantitative estimate of drug-likeness (QED) is 0.846. The largest absolute Gasteiger partial charge is 0.337 e. The highest BCUT2D eigenvalue weighted by Crippen LogP contribution is 2.16. The lowest BCUT2D eigenvalue weighted by atomic mass is 10.2. The Kier molecular flexibility index (Phi) is 4.10. The molecular formula is C14H16N2OS. The molecule has 1 aromatic carbocycles. The minimum Gasteiger partial charge on any atom is -0.337 e. The van der Waals surface area contributed by atoms with Gasteiger partial charge in [0, 0.05) is 13.6 Å². The van der Waals surface area contributed by atoms with Crippen molar-refractivity contribution >= 4 is 17.2 Å². The highest BCUT2D eigenvalue weighted by molar-refractivity contribution is 7.13. The highest BCUT2D eigenvalue weighted by atomic mass is 32.1. The lowest BCUT2D eigenvalue weighted by molar-refractivity contribution is 0.0789. The Morgan fingerprint density at radius 1 is 1.33 bits per heavy atom. The molecule has 0 radical (unpaired) electrons. The van der Waals surface area contributed by atoms with E-state index in [2.05, 4.69) is 4.98 Å². The van der Waals surface area contributed by atoms with E-state index in [1.54, 1.807) is 11.1 Å². The summed E-state index contributed by atoms with van der Waals surface area (Å²) in [4.78, 5) is 18.8. The molecule has 0 aliphatic heterocycles. The van der Waals surface area contributed by atoms with Crippen molar-refractivity contribution in [1.82, 2.24) is 9.88 Å². The van der Waals surface area contributed by atoms with Gasteiger partial charge >= 0.3 is 0 Å². The normalized spacial score (nSPS) is 10.3. The minimum absolute atomic E-state index is 0.0380. The molecule has 1 amide bonds. The smallest absolute Gasteiger partial charge is 0.265 e. The third-order valence-electron chi connectivity index (χ3n) is 2.68. The fraction of sp³-hybridized carbons (Fsp3) is 0.286. The summed E-state index contributed by atoms with van der Waals surface area (Å²) >= 11 is 1.48. The fourth-order valence-corrected chi connectivity index (χ4v) is 2.54. The number of carbonyl (C=O) groups is 1. The topological polar surface area (TPSA) is 33.2 Å². The number of benzene rings is 1. The van der Waals surface area contributed by atoms with E-state index in [9.17, 15) is 4.79 Å². The predicted molar refractivity (Wildman–Crippen MR) is 73.7 cm³/mol. The third-order valence-corrected chi connectivity index (χ3v) is 3.81. The van der Waals surface area contributed by atoms with Gasteiger partial charge in [0.25, 0.3) is 5.91 Å². The molecule has 94 valence electrons. The van der Waals surface area contributed by atoms with Crippen molar-refractivity contribution in [2.24, 2.45) is 0 Å². The first-order chi connectivity index (χ1) is 8.70. The second-order valence-corrected chi connectivity index (χ2v) is 5.23. The summed E-state index contributed by atoms with van der Waals surface area (Å²) in [7, 11) is 1.82. The molecule has 0 bridgehead atoms. The van der Waals surface area contributed by atoms with E-state index in [-0.39, 0.29) is 5.91 Å². The zero-order chi connectivity index (χ0) is 13.0. The van der Waals surface area contributed by atoms with E-state index in [0.29, 0.717) is 11.4 Å². The maximum absolute atomic E-state index is 12.2. The SMILES string of the molecule is CCc1ncc(C(=O)N(C)Cc2ccccc2)s1. The summed E-state index contributed by atoms with van der Waals surface area (Å²) in [6.07, 6.45) is 2.55. The van der Waals surface area contributed by atoms with Gasteiger partial charge in [-0.25, -0.2) is 4.98 Å². The maximum Gasteiger partial charge on any atom is 0.265 e. The molecule has 2 rings (SSSR count). The third kappa shape index (κ3) is 2.96. The lowest BCUT2D eigenvalue weighted by Gasteiger charge is -2.15. The Balaban J connectivity index is 2.05. The molecule has 1 heterocycles. The van der Waals surface area contributed by atoms with Gasteiger partial charge in [-0.15, -0.1) is 11.3 Å². The first kappa shape index (κ1) is 12.8. The van der Waals surface area contributed by atoms with Crippen LogP contribution in [0.3, 0.4) is 0 Å². The van der Waals surface area contributed by atoms with Crippen LogP contribution in [0, 0.1) is 0 Å². The second-order valence-electron chi connectivity index (χ2n) is 4.12. The van der Waals surface area contributed by atoms with Crippen LogP contribution in [0.15, 0.2) is 36.5 Å². The number of aromatic nitrogens is 1. The van der Waals surface area contributed by atoms with Crippen molar-refractivity contribution in [2.75, 3.05) is 7.05 Å². The van der Waals surface area contributed by atoms with Crippen LogP contribution in [0.1, 0.15) is 27.2 Å². The van der Waals surface area contributed by atoms with Crippen LogP contribution in [-0.2, 0) is 13.0 Å². The number of thiazole rings is 1. The van der Waals surface area contributed by atoms with Crippen LogP contribution in [0.4, 0.5) is 0 Å². The summed E-state index contributed by atoms with van der Waals surface area (Å²) in [5.74, 6) is 0.0380. The first-order valence-corrected chi connectivity index (χ1v) is 6.76. The Labute approximate surface area is 111 Å². The average molecular weight is 260 g/mol. The van der Waals surface area contributed by atoms with Gasteiger partial charge in [0.15, 0.2) is 0 Å². The molecule has 4 heteroatoms. The Morgan fingerprint density at radius 3 is 2.67 bits per heavy atom. The summed E-state index contributed by atoms with van der Waals surface area (Å²) in [6, 6.07) is 9.98. The van der Waals surface area contributed by atoms with Crippen LogP contribution >= 0.6 is 11.3 Å². The zero-order valence-corrected chi connectivity index (χ0v) is 11.4. The molecule has 0 saturated carbocycles. The first-order valence-electron chi connectivity index (χ1n) is 5.94. The summed E-state index contributed by atoms with van der Waals surface area (Å²) in [6.45, 7) is 2.67. The van der Waals surface area contributed by atoms with Crippen LogP contribution in [0.2, 0.25) is 0 Å². The minimum atomic E-state index is 0.0380. The second kappa shape index (κ2) is 5.78. The number of hydrogen-bond acceptors (Lipinski definition) is 3. The standard InChI is InChI=1S/C14H16N2OS/c1-3-13-15-9-12(18-13)14(17)16(2)10-11-7-5-4-6-8-11/h4-9H,3,10H2,1-2H3. The molecule has 0 atom stereocenters. The molecule has 0 unspecified atom stereocenters. The van der Waals surface area contributed by atoms with Gasteiger partial charge in [-0.3, -0.25) is 4.79 Å². The average Bonchev–Trinajstić information content (AvgIpc) is 2.87. The van der Waals surface area contributed by atoms with E-state index in [1.165, 1.54) is 11.3 Å². The van der Waals surface area contributed by atoms with Gasteiger partial charge in [-0.2, -0.15) is 0 Å². The van der Waals surface area contributed by atoms with Crippen molar-refractivity contribution in [1.29, 1.82) is 0 Å². The molecular weight excluding hydrogens is 244 g/mol. The van der Waals surface area contributed by atoms with Crippen molar-refractivity contribution in [3.63, 3.8) is 0 Å². The molecule has 0 fully saturated rings. The number of carbonyl (C=O) groups excluding carboxylic acids is 1. The van der Waals surface area contributed by atoms with E-state index in [1.807, 2.05) is 44.3 Å². The summed E-state index contributed by atoms with van der Waals surface area (Å²) in [5, 5.41) is 1.01. The predicted octanol–water partition coefficient (Wildman–Crippen LogP) is 2.98. The molecule has 3 nitrogen and oxygen atoms in total. The van der Waals surface area contributed by atoms with Gasteiger partial charge in [0.2, 0.25) is 0 Å². The van der Waals surface area contributed by atoms with Crippen molar-refractivity contribution in [3.05, 3.63) is 52.0 Å². The molecule has 0 aliphatic rings. The summed E-state index contributed by atoms with van der Waals surface area (Å²) < 4.78 is 0. The van der Waals surface area contributed by atoms with Gasteiger partial charge < -0.3 is 4.90 Å². The monoisotopic (exact) mass is 260 g/mol.